The number of amides is 1. The zero-order chi connectivity index (χ0) is 15.9. The van der Waals surface area contributed by atoms with E-state index in [9.17, 15) is 4.79 Å². The van der Waals surface area contributed by atoms with E-state index in [0.717, 1.165) is 11.1 Å². The molecule has 0 saturated carbocycles. The first-order valence-corrected chi connectivity index (χ1v) is 7.57. The Balaban J connectivity index is 0.00000264. The maximum atomic E-state index is 12.6. The van der Waals surface area contributed by atoms with E-state index in [1.807, 2.05) is 61.2 Å². The highest BCUT2D eigenvalue weighted by molar-refractivity contribution is 5.85. The molecule has 0 aliphatic carbocycles. The molecule has 0 aliphatic heterocycles. The number of nitrogens with two attached hydrogens (primary N) is 1. The SMILES string of the molecule is CC(C)N(Cc1cccnc1)C(=O)CC(N)c1ccccc1.Cl. The number of carbonyl (C=O) groups excluding carboxylic acids is 1. The molecule has 23 heavy (non-hydrogen) atoms. The predicted molar refractivity (Wildman–Crippen MR) is 95.2 cm³/mol. The van der Waals surface area contributed by atoms with Gasteiger partial charge in [0, 0.05) is 37.4 Å². The van der Waals surface area contributed by atoms with Crippen LogP contribution in [0.2, 0.25) is 0 Å². The van der Waals surface area contributed by atoms with Gasteiger partial charge in [-0.05, 0) is 31.0 Å². The molecule has 1 amide bonds. The lowest BCUT2D eigenvalue weighted by molar-refractivity contribution is -0.134. The van der Waals surface area contributed by atoms with Gasteiger partial charge < -0.3 is 10.6 Å². The molecular formula is C18H24ClN3O. The third-order valence-corrected chi connectivity index (χ3v) is 3.64. The van der Waals surface area contributed by atoms with E-state index in [1.54, 1.807) is 12.4 Å². The van der Waals surface area contributed by atoms with Gasteiger partial charge in [0.1, 0.15) is 0 Å². The minimum Gasteiger partial charge on any atom is -0.336 e. The van der Waals surface area contributed by atoms with Crippen molar-refractivity contribution < 1.29 is 4.79 Å². The summed E-state index contributed by atoms with van der Waals surface area (Å²) in [6, 6.07) is 13.4. The van der Waals surface area contributed by atoms with Crippen molar-refractivity contribution in [1.29, 1.82) is 0 Å². The molecule has 0 radical (unpaired) electrons. The van der Waals surface area contributed by atoms with Crippen LogP contribution in [-0.4, -0.2) is 21.8 Å². The van der Waals surface area contributed by atoms with Crippen molar-refractivity contribution in [3.63, 3.8) is 0 Å². The van der Waals surface area contributed by atoms with Gasteiger partial charge in [0.2, 0.25) is 5.91 Å². The molecule has 0 spiro atoms. The molecule has 0 saturated heterocycles. The summed E-state index contributed by atoms with van der Waals surface area (Å²) in [6.45, 7) is 4.59. The Bertz CT molecular complexity index is 590. The van der Waals surface area contributed by atoms with E-state index >= 15 is 0 Å². The van der Waals surface area contributed by atoms with Gasteiger partial charge in [-0.2, -0.15) is 0 Å². The van der Waals surface area contributed by atoms with Crippen LogP contribution in [0.15, 0.2) is 54.9 Å². The Morgan fingerprint density at radius 1 is 1.17 bits per heavy atom. The second-order valence-electron chi connectivity index (χ2n) is 5.70. The van der Waals surface area contributed by atoms with Gasteiger partial charge in [-0.25, -0.2) is 0 Å². The van der Waals surface area contributed by atoms with Crippen LogP contribution in [0.4, 0.5) is 0 Å². The number of halogens is 1. The van der Waals surface area contributed by atoms with Crippen LogP contribution in [0, 0.1) is 0 Å². The van der Waals surface area contributed by atoms with Crippen LogP contribution < -0.4 is 5.73 Å². The number of hydrogen-bond donors (Lipinski definition) is 1. The minimum absolute atomic E-state index is 0. The van der Waals surface area contributed by atoms with Gasteiger partial charge in [-0.3, -0.25) is 9.78 Å². The summed E-state index contributed by atoms with van der Waals surface area (Å²) < 4.78 is 0. The molecule has 0 fully saturated rings. The van der Waals surface area contributed by atoms with E-state index in [0.29, 0.717) is 13.0 Å². The van der Waals surface area contributed by atoms with Crippen LogP contribution in [0.1, 0.15) is 37.4 Å². The normalized spacial score (nSPS) is 11.7. The first kappa shape index (κ1) is 19.1. The van der Waals surface area contributed by atoms with E-state index < -0.39 is 0 Å². The average Bonchev–Trinajstić information content (AvgIpc) is 2.54. The zero-order valence-corrected chi connectivity index (χ0v) is 14.4. The van der Waals surface area contributed by atoms with Crippen LogP contribution in [0.3, 0.4) is 0 Å². The summed E-state index contributed by atoms with van der Waals surface area (Å²) in [5, 5.41) is 0. The molecule has 2 aromatic rings. The third-order valence-electron chi connectivity index (χ3n) is 3.64. The molecule has 2 N–H and O–H groups in total. The number of nitrogens with zero attached hydrogens (tertiary/aromatic N) is 2. The topological polar surface area (TPSA) is 59.2 Å². The summed E-state index contributed by atoms with van der Waals surface area (Å²) in [5.41, 5.74) is 8.18. The summed E-state index contributed by atoms with van der Waals surface area (Å²) >= 11 is 0. The lowest BCUT2D eigenvalue weighted by Gasteiger charge is -2.28. The van der Waals surface area contributed by atoms with Crippen molar-refractivity contribution in [2.45, 2.75) is 38.9 Å². The zero-order valence-electron chi connectivity index (χ0n) is 13.6. The number of hydrogen-bond acceptors (Lipinski definition) is 3. The van der Waals surface area contributed by atoms with Gasteiger partial charge in [0.25, 0.3) is 0 Å². The molecule has 1 unspecified atom stereocenters. The van der Waals surface area contributed by atoms with Gasteiger partial charge in [-0.1, -0.05) is 36.4 Å². The molecule has 1 heterocycles. The first-order valence-electron chi connectivity index (χ1n) is 7.57. The highest BCUT2D eigenvalue weighted by Crippen LogP contribution is 2.17. The molecule has 1 aromatic heterocycles. The van der Waals surface area contributed by atoms with Crippen LogP contribution in [0.5, 0.6) is 0 Å². The number of rotatable bonds is 6. The van der Waals surface area contributed by atoms with Crippen molar-refractivity contribution in [2.75, 3.05) is 0 Å². The Morgan fingerprint density at radius 3 is 2.43 bits per heavy atom. The summed E-state index contributed by atoms with van der Waals surface area (Å²) in [5.74, 6) is 0.0650. The fraction of sp³-hybridized carbons (Fsp3) is 0.333. The summed E-state index contributed by atoms with van der Waals surface area (Å²) in [7, 11) is 0. The molecule has 1 aromatic carbocycles. The molecule has 0 aliphatic rings. The van der Waals surface area contributed by atoms with Crippen molar-refractivity contribution in [2.24, 2.45) is 5.73 Å². The van der Waals surface area contributed by atoms with E-state index in [4.69, 9.17) is 5.73 Å². The van der Waals surface area contributed by atoms with E-state index in [2.05, 4.69) is 4.98 Å². The van der Waals surface area contributed by atoms with Gasteiger partial charge in [-0.15, -0.1) is 12.4 Å². The molecule has 2 rings (SSSR count). The highest BCUT2D eigenvalue weighted by Gasteiger charge is 2.20. The van der Waals surface area contributed by atoms with E-state index in [1.165, 1.54) is 0 Å². The smallest absolute Gasteiger partial charge is 0.225 e. The van der Waals surface area contributed by atoms with Crippen molar-refractivity contribution in [3.8, 4) is 0 Å². The second kappa shape index (κ2) is 9.28. The molecule has 1 atom stereocenters. The molecule has 4 nitrogen and oxygen atoms in total. The maximum absolute atomic E-state index is 12.6. The van der Waals surface area contributed by atoms with Crippen LogP contribution >= 0.6 is 12.4 Å². The fourth-order valence-electron chi connectivity index (χ4n) is 2.37. The number of benzene rings is 1. The molecule has 0 bridgehead atoms. The number of aromatic nitrogens is 1. The number of carbonyl (C=O) groups is 1. The Hall–Kier alpha value is -1.91. The largest absolute Gasteiger partial charge is 0.336 e. The lowest BCUT2D eigenvalue weighted by atomic mass is 10.0. The monoisotopic (exact) mass is 333 g/mol. The standard InChI is InChI=1S/C18H23N3O.ClH/c1-14(2)21(13-15-7-6-10-20-12-15)18(22)11-17(19)16-8-4-3-5-9-16;/h3-10,12,14,17H,11,13,19H2,1-2H3;1H. The van der Waals surface area contributed by atoms with Crippen LogP contribution in [0.25, 0.3) is 0 Å². The first-order chi connectivity index (χ1) is 10.6. The van der Waals surface area contributed by atoms with Gasteiger partial charge >= 0.3 is 0 Å². The van der Waals surface area contributed by atoms with Crippen molar-refractivity contribution in [3.05, 3.63) is 66.0 Å². The summed E-state index contributed by atoms with van der Waals surface area (Å²) in [6.07, 6.45) is 3.83. The minimum atomic E-state index is -0.274. The quantitative estimate of drug-likeness (QED) is 0.882. The summed E-state index contributed by atoms with van der Waals surface area (Å²) in [4.78, 5) is 18.5. The Morgan fingerprint density at radius 2 is 1.87 bits per heavy atom. The fourth-order valence-corrected chi connectivity index (χ4v) is 2.37. The molecule has 124 valence electrons. The Kier molecular flexibility index (Phi) is 7.72. The Labute approximate surface area is 144 Å². The molecule has 5 heteroatoms. The van der Waals surface area contributed by atoms with Crippen LogP contribution in [-0.2, 0) is 11.3 Å². The maximum Gasteiger partial charge on any atom is 0.225 e. The average molecular weight is 334 g/mol. The number of pyridine rings is 1. The molecular weight excluding hydrogens is 310 g/mol. The predicted octanol–water partition coefficient (Wildman–Crippen LogP) is 3.33. The van der Waals surface area contributed by atoms with Gasteiger partial charge in [0.05, 0.1) is 0 Å². The van der Waals surface area contributed by atoms with Crippen molar-refractivity contribution in [1.82, 2.24) is 9.88 Å². The second-order valence-corrected chi connectivity index (χ2v) is 5.70. The van der Waals surface area contributed by atoms with Gasteiger partial charge in [0.15, 0.2) is 0 Å². The van der Waals surface area contributed by atoms with E-state index in [-0.39, 0.29) is 30.4 Å². The lowest BCUT2D eigenvalue weighted by Crippen LogP contribution is -2.38. The van der Waals surface area contributed by atoms with Crippen molar-refractivity contribution >= 4 is 18.3 Å². The third kappa shape index (κ3) is 5.66. The highest BCUT2D eigenvalue weighted by atomic mass is 35.5.